The smallest absolute Gasteiger partial charge is 0.143 e. The van der Waals surface area contributed by atoms with Gasteiger partial charge in [-0.05, 0) is 215 Å². The van der Waals surface area contributed by atoms with Crippen LogP contribution in [0.5, 0.6) is 0 Å². The van der Waals surface area contributed by atoms with Crippen molar-refractivity contribution in [2.75, 3.05) is 0 Å². The monoisotopic (exact) mass is 1550 g/mol. The van der Waals surface area contributed by atoms with Gasteiger partial charge in [-0.3, -0.25) is 0 Å². The van der Waals surface area contributed by atoms with Gasteiger partial charge in [0, 0.05) is 48.5 Å². The predicted octanol–water partition coefficient (Wildman–Crippen LogP) is 32.4. The number of hydrogen-bond acceptors (Lipinski definition) is 3. The van der Waals surface area contributed by atoms with Gasteiger partial charge in [0.15, 0.2) is 0 Å². The van der Waals surface area contributed by atoms with Crippen LogP contribution in [0.1, 0.15) is 106 Å². The standard InChI is InChI=1S/C26H22.2C20H18.3C17H12O/c1-21-17-19-25(20-18-21)26(22-11-5-2-6-12-22,23-13-7-3-8-14-23)24-15-9-4-10-16-24;1-13-12-18-19(15-9-5-4-8-14(13)15)16-10-6-7-11-17(16)20(18,2)3;1-13-8-10-16-18(12-13)20(2,3)17-11-9-14-6-4-5-7-15(14)19(16)17;1-11-10-16-17(13-7-3-2-6-12(11)13)14-8-4-5-9-15(14)18-16;1-11-6-8-14-16(10-11)18-15-9-7-12-4-2-3-5-13(12)17(14)15;1-11-6-8-14-15-9-7-12-4-2-3-5-13(12)17(15)18-16(14)10-11/h2-20H,1H3;2*4-12H,1-3H3;3*2-10H,1H3. The quantitative estimate of drug-likeness (QED) is 0.165. The normalized spacial score (nSPS) is 12.7. The van der Waals surface area contributed by atoms with E-state index in [0.717, 1.165) is 33.5 Å². The molecule has 0 radical (unpaired) electrons. The van der Waals surface area contributed by atoms with Crippen LogP contribution in [0.2, 0.25) is 0 Å². The number of fused-ring (bicyclic) bond motifs is 25. The molecular formula is C117H94O3. The number of benzene rings is 19. The van der Waals surface area contributed by atoms with E-state index in [4.69, 9.17) is 13.3 Å². The Kier molecular flexibility index (Phi) is 19.6. The molecule has 580 valence electrons. The van der Waals surface area contributed by atoms with Crippen molar-refractivity contribution in [2.24, 2.45) is 0 Å². The molecule has 22 aromatic rings. The van der Waals surface area contributed by atoms with Crippen LogP contribution in [0.15, 0.2) is 401 Å². The van der Waals surface area contributed by atoms with Gasteiger partial charge in [-0.15, -0.1) is 0 Å². The van der Waals surface area contributed by atoms with Gasteiger partial charge in [-0.25, -0.2) is 0 Å². The van der Waals surface area contributed by atoms with Crippen LogP contribution in [0.25, 0.3) is 142 Å². The zero-order valence-corrected chi connectivity index (χ0v) is 69.7. The summed E-state index contributed by atoms with van der Waals surface area (Å²) in [7, 11) is 0. The first kappa shape index (κ1) is 75.9. The molecule has 24 rings (SSSR count). The molecule has 0 N–H and O–H groups in total. The summed E-state index contributed by atoms with van der Waals surface area (Å²) in [4.78, 5) is 0. The van der Waals surface area contributed by atoms with Crippen molar-refractivity contribution in [3.05, 3.63) is 466 Å². The summed E-state index contributed by atoms with van der Waals surface area (Å²) < 4.78 is 17.9. The fourth-order valence-electron chi connectivity index (χ4n) is 19.2. The lowest BCUT2D eigenvalue weighted by molar-refractivity contribution is 0.660. The third kappa shape index (κ3) is 13.4. The van der Waals surface area contributed by atoms with Gasteiger partial charge >= 0.3 is 0 Å². The van der Waals surface area contributed by atoms with E-state index in [2.05, 4.69) is 445 Å². The van der Waals surface area contributed by atoms with Crippen molar-refractivity contribution in [1.29, 1.82) is 0 Å². The number of aryl methyl sites for hydroxylation is 6. The van der Waals surface area contributed by atoms with Gasteiger partial charge in [0.2, 0.25) is 0 Å². The van der Waals surface area contributed by atoms with E-state index in [1.54, 1.807) is 0 Å². The lowest BCUT2D eigenvalue weighted by Gasteiger charge is -2.36. The highest BCUT2D eigenvalue weighted by Gasteiger charge is 2.40. The molecule has 0 fully saturated rings. The maximum Gasteiger partial charge on any atom is 0.143 e. The van der Waals surface area contributed by atoms with Gasteiger partial charge in [0.25, 0.3) is 0 Å². The van der Waals surface area contributed by atoms with E-state index in [1.807, 2.05) is 12.1 Å². The molecule has 19 aromatic carbocycles. The van der Waals surface area contributed by atoms with E-state index in [-0.39, 0.29) is 16.2 Å². The number of para-hydroxylation sites is 1. The van der Waals surface area contributed by atoms with Crippen LogP contribution in [0.4, 0.5) is 0 Å². The minimum absolute atomic E-state index is 0.0979. The Morgan fingerprint density at radius 2 is 0.617 bits per heavy atom. The maximum atomic E-state index is 6.05. The second-order valence-electron chi connectivity index (χ2n) is 33.7. The lowest BCUT2D eigenvalue weighted by atomic mass is 9.65. The molecule has 2 aliphatic carbocycles. The molecule has 0 amide bonds. The summed E-state index contributed by atoms with van der Waals surface area (Å²) in [6, 6.07) is 139. The molecule has 0 aliphatic heterocycles. The molecule has 0 saturated heterocycles. The van der Waals surface area contributed by atoms with Crippen LogP contribution in [-0.4, -0.2) is 0 Å². The Bertz CT molecular complexity index is 7530. The highest BCUT2D eigenvalue weighted by Crippen LogP contribution is 2.54. The maximum absolute atomic E-state index is 6.05. The zero-order chi connectivity index (χ0) is 82.0. The third-order valence-corrected chi connectivity index (χ3v) is 25.2. The van der Waals surface area contributed by atoms with Crippen molar-refractivity contribution in [2.45, 2.75) is 85.5 Å². The average molecular weight is 1550 g/mol. The second-order valence-corrected chi connectivity index (χ2v) is 33.7. The summed E-state index contributed by atoms with van der Waals surface area (Å²) in [6.45, 7) is 22.2. The summed E-state index contributed by atoms with van der Waals surface area (Å²) in [5.74, 6) is 0. The molecule has 0 saturated carbocycles. The van der Waals surface area contributed by atoms with Crippen LogP contribution < -0.4 is 0 Å². The minimum atomic E-state index is -0.336. The molecule has 0 atom stereocenters. The summed E-state index contributed by atoms with van der Waals surface area (Å²) in [6.07, 6.45) is 0. The molecule has 0 bridgehead atoms. The van der Waals surface area contributed by atoms with E-state index < -0.39 is 0 Å². The Hall–Kier alpha value is -14.1. The van der Waals surface area contributed by atoms with Crippen molar-refractivity contribution < 1.29 is 13.3 Å². The first-order chi connectivity index (χ1) is 58.5. The molecule has 3 aromatic heterocycles. The molecule has 3 nitrogen and oxygen atoms in total. The fourth-order valence-corrected chi connectivity index (χ4v) is 19.2. The molecule has 3 heterocycles. The molecule has 120 heavy (non-hydrogen) atoms. The SMILES string of the molecule is Cc1cc2c(c3ccccc13)-c1ccccc1C2(C)C.Cc1cc2oc3ccccc3c2c2ccccc12.Cc1ccc(C(c2ccccc2)(c2ccccc2)c2ccccc2)cc1.Cc1ccc2c(c1)C(C)(C)c1ccc3ccccc3c1-2.Cc1ccc2c(c1)oc1c3ccccc3ccc21.Cc1ccc2c(c1)oc1ccc3ccccc3c12. The molecule has 0 spiro atoms. The van der Waals surface area contributed by atoms with Gasteiger partial charge in [0.05, 0.1) is 5.41 Å². The largest absolute Gasteiger partial charge is 0.456 e. The van der Waals surface area contributed by atoms with Gasteiger partial charge in [0.1, 0.15) is 33.5 Å². The first-order valence-corrected chi connectivity index (χ1v) is 41.9. The Balaban J connectivity index is 0.0000000956. The van der Waals surface area contributed by atoms with Crippen molar-refractivity contribution in [3.63, 3.8) is 0 Å². The predicted molar refractivity (Wildman–Crippen MR) is 510 cm³/mol. The van der Waals surface area contributed by atoms with Gasteiger partial charge in [-0.1, -0.05) is 391 Å². The van der Waals surface area contributed by atoms with E-state index in [1.165, 1.54) is 186 Å². The molecular weight excluding hydrogens is 1450 g/mol. The van der Waals surface area contributed by atoms with Crippen LogP contribution in [0.3, 0.4) is 0 Å². The summed E-state index contributed by atoms with van der Waals surface area (Å²) >= 11 is 0. The van der Waals surface area contributed by atoms with Crippen LogP contribution >= 0.6 is 0 Å². The van der Waals surface area contributed by atoms with Crippen molar-refractivity contribution >= 4 is 120 Å². The van der Waals surface area contributed by atoms with Gasteiger partial charge in [-0.2, -0.15) is 0 Å². The van der Waals surface area contributed by atoms with Gasteiger partial charge < -0.3 is 13.3 Å². The highest BCUT2D eigenvalue weighted by atomic mass is 16.3. The van der Waals surface area contributed by atoms with E-state index in [0.29, 0.717) is 0 Å². The Morgan fingerprint density at radius 3 is 1.27 bits per heavy atom. The van der Waals surface area contributed by atoms with Crippen LogP contribution in [-0.2, 0) is 16.2 Å². The number of hydrogen-bond donors (Lipinski definition) is 0. The van der Waals surface area contributed by atoms with Crippen molar-refractivity contribution in [3.8, 4) is 22.3 Å². The zero-order valence-electron chi connectivity index (χ0n) is 69.7. The second kappa shape index (κ2) is 31.1. The first-order valence-electron chi connectivity index (χ1n) is 41.9. The molecule has 2 aliphatic rings. The summed E-state index contributed by atoms with van der Waals surface area (Å²) in [5.41, 5.74) is 30.1. The van der Waals surface area contributed by atoms with E-state index >= 15 is 0 Å². The number of furan rings is 3. The topological polar surface area (TPSA) is 39.4 Å². The summed E-state index contributed by atoms with van der Waals surface area (Å²) in [5, 5.41) is 20.2. The Morgan fingerprint density at radius 1 is 0.208 bits per heavy atom. The Labute approximate surface area is 702 Å². The van der Waals surface area contributed by atoms with E-state index in [9.17, 15) is 0 Å². The average Bonchev–Trinajstić information content (AvgIpc) is 1.62. The molecule has 0 unspecified atom stereocenters. The lowest BCUT2D eigenvalue weighted by Crippen LogP contribution is -2.30. The minimum Gasteiger partial charge on any atom is -0.456 e. The van der Waals surface area contributed by atoms with Crippen LogP contribution in [0, 0.1) is 41.5 Å². The third-order valence-electron chi connectivity index (χ3n) is 25.2. The van der Waals surface area contributed by atoms with Crippen molar-refractivity contribution in [1.82, 2.24) is 0 Å². The fraction of sp³-hybridized carbons (Fsp3) is 0.111. The molecule has 3 heteroatoms. The number of rotatable bonds is 4. The highest BCUT2D eigenvalue weighted by molar-refractivity contribution is 6.21.